The van der Waals surface area contributed by atoms with E-state index in [0.29, 0.717) is 0 Å². The predicted molar refractivity (Wildman–Crippen MR) is 137 cm³/mol. The Morgan fingerprint density at radius 3 is 0.871 bits per heavy atom. The standard InChI is InChI=1S/C25H18N2.2C2H6/c1-5-13-22-18(9-1)19-10-2-6-14-23(19)26(22)17-27-24-15-7-3-11-20(24)21-12-4-8-16-25(21)27;2*1-2/h1-16H,17H2;2*1-2H3. The molecule has 2 heterocycles. The Balaban J connectivity index is 0.000000549. The van der Waals surface area contributed by atoms with Gasteiger partial charge in [0.15, 0.2) is 0 Å². The molecule has 0 aliphatic rings. The maximum Gasteiger partial charge on any atom is 0.100 e. The maximum absolute atomic E-state index is 2.43. The molecule has 0 saturated heterocycles. The molecule has 4 aromatic carbocycles. The maximum atomic E-state index is 2.43. The molecular weight excluding hydrogens is 376 g/mol. The van der Waals surface area contributed by atoms with Crippen LogP contribution >= 0.6 is 0 Å². The topological polar surface area (TPSA) is 9.86 Å². The van der Waals surface area contributed by atoms with Gasteiger partial charge < -0.3 is 9.13 Å². The van der Waals surface area contributed by atoms with Gasteiger partial charge in [-0.15, -0.1) is 0 Å². The van der Waals surface area contributed by atoms with Gasteiger partial charge in [-0.2, -0.15) is 0 Å². The zero-order chi connectivity index (χ0) is 21.8. The number of benzene rings is 4. The summed E-state index contributed by atoms with van der Waals surface area (Å²) in [6.45, 7) is 8.79. The summed E-state index contributed by atoms with van der Waals surface area (Å²) >= 11 is 0. The van der Waals surface area contributed by atoms with Crippen LogP contribution in [0.25, 0.3) is 43.6 Å². The highest BCUT2D eigenvalue weighted by atomic mass is 15.2. The van der Waals surface area contributed by atoms with Gasteiger partial charge >= 0.3 is 0 Å². The van der Waals surface area contributed by atoms with Gasteiger partial charge in [0.05, 0.1) is 22.1 Å². The molecule has 0 fully saturated rings. The molecule has 0 saturated carbocycles. The number of hydrogen-bond acceptors (Lipinski definition) is 0. The lowest BCUT2D eigenvalue weighted by Gasteiger charge is -2.12. The van der Waals surface area contributed by atoms with Gasteiger partial charge in [0.2, 0.25) is 0 Å². The Labute approximate surface area is 184 Å². The molecule has 2 nitrogen and oxygen atoms in total. The van der Waals surface area contributed by atoms with E-state index in [-0.39, 0.29) is 0 Å². The summed E-state index contributed by atoms with van der Waals surface area (Å²) < 4.78 is 4.87. The first-order valence-electron chi connectivity index (χ1n) is 11.3. The number of nitrogens with zero attached hydrogens (tertiary/aromatic N) is 2. The number of rotatable bonds is 2. The summed E-state index contributed by atoms with van der Waals surface area (Å²) in [5.41, 5.74) is 5.11. The summed E-state index contributed by atoms with van der Waals surface area (Å²) in [5, 5.41) is 5.26. The summed E-state index contributed by atoms with van der Waals surface area (Å²) in [5.74, 6) is 0. The van der Waals surface area contributed by atoms with Crippen LogP contribution in [-0.2, 0) is 6.67 Å². The summed E-state index contributed by atoms with van der Waals surface area (Å²) in [4.78, 5) is 0. The third-order valence-corrected chi connectivity index (χ3v) is 5.64. The third-order valence-electron chi connectivity index (χ3n) is 5.64. The number of hydrogen-bond donors (Lipinski definition) is 0. The lowest BCUT2D eigenvalue weighted by molar-refractivity contribution is 0.682. The SMILES string of the molecule is CC.CC.c1ccc2c(c1)c1ccccc1n2Cn1c2ccccc2c2ccccc21. The second-order valence-corrected chi connectivity index (χ2v) is 7.07. The quantitative estimate of drug-likeness (QED) is 0.273. The van der Waals surface area contributed by atoms with Crippen molar-refractivity contribution in [1.29, 1.82) is 0 Å². The second kappa shape index (κ2) is 9.09. The van der Waals surface area contributed by atoms with Crippen LogP contribution in [-0.4, -0.2) is 9.13 Å². The molecule has 0 N–H and O–H groups in total. The van der Waals surface area contributed by atoms with Crippen LogP contribution < -0.4 is 0 Å². The summed E-state index contributed by atoms with van der Waals surface area (Å²) in [6, 6.07) is 34.8. The average molecular weight is 407 g/mol. The highest BCUT2D eigenvalue weighted by Crippen LogP contribution is 2.32. The molecule has 2 aromatic heterocycles. The number of para-hydroxylation sites is 4. The molecule has 0 atom stereocenters. The molecular formula is C29H30N2. The van der Waals surface area contributed by atoms with Crippen LogP contribution in [0.4, 0.5) is 0 Å². The van der Waals surface area contributed by atoms with Gasteiger partial charge in [0, 0.05) is 21.5 Å². The van der Waals surface area contributed by atoms with Crippen molar-refractivity contribution >= 4 is 43.6 Å². The van der Waals surface area contributed by atoms with Crippen molar-refractivity contribution in [2.24, 2.45) is 0 Å². The van der Waals surface area contributed by atoms with E-state index < -0.39 is 0 Å². The minimum Gasteiger partial charge on any atom is -0.322 e. The molecule has 6 aromatic rings. The number of fused-ring (bicyclic) bond motifs is 6. The van der Waals surface area contributed by atoms with E-state index in [9.17, 15) is 0 Å². The van der Waals surface area contributed by atoms with Crippen molar-refractivity contribution in [3.8, 4) is 0 Å². The van der Waals surface area contributed by atoms with Gasteiger partial charge in [0.25, 0.3) is 0 Å². The normalized spacial score (nSPS) is 10.7. The van der Waals surface area contributed by atoms with Crippen LogP contribution in [0.1, 0.15) is 27.7 Å². The predicted octanol–water partition coefficient (Wildman–Crippen LogP) is 8.46. The monoisotopic (exact) mass is 406 g/mol. The van der Waals surface area contributed by atoms with Crippen LogP contribution in [0, 0.1) is 0 Å². The van der Waals surface area contributed by atoms with Gasteiger partial charge in [0.1, 0.15) is 6.67 Å². The van der Waals surface area contributed by atoms with Crippen molar-refractivity contribution in [3.63, 3.8) is 0 Å². The van der Waals surface area contributed by atoms with Crippen molar-refractivity contribution in [3.05, 3.63) is 97.1 Å². The van der Waals surface area contributed by atoms with Gasteiger partial charge in [-0.05, 0) is 24.3 Å². The van der Waals surface area contributed by atoms with E-state index in [4.69, 9.17) is 0 Å². The van der Waals surface area contributed by atoms with E-state index in [1.165, 1.54) is 43.6 Å². The van der Waals surface area contributed by atoms with Crippen LogP contribution in [0.2, 0.25) is 0 Å². The summed E-state index contributed by atoms with van der Waals surface area (Å²) in [7, 11) is 0. The summed E-state index contributed by atoms with van der Waals surface area (Å²) in [6.07, 6.45) is 0. The molecule has 2 heteroatoms. The van der Waals surface area contributed by atoms with Crippen molar-refractivity contribution in [2.75, 3.05) is 0 Å². The first-order valence-corrected chi connectivity index (χ1v) is 11.3. The van der Waals surface area contributed by atoms with Crippen LogP contribution in [0.5, 0.6) is 0 Å². The van der Waals surface area contributed by atoms with Gasteiger partial charge in [-0.1, -0.05) is 100 Å². The van der Waals surface area contributed by atoms with E-state index in [2.05, 4.69) is 106 Å². The largest absolute Gasteiger partial charge is 0.322 e. The van der Waals surface area contributed by atoms with E-state index in [1.54, 1.807) is 0 Å². The van der Waals surface area contributed by atoms with Crippen molar-refractivity contribution in [2.45, 2.75) is 34.4 Å². The molecule has 0 radical (unpaired) electrons. The fraction of sp³-hybridized carbons (Fsp3) is 0.172. The van der Waals surface area contributed by atoms with Gasteiger partial charge in [-0.3, -0.25) is 0 Å². The Morgan fingerprint density at radius 1 is 0.387 bits per heavy atom. The average Bonchev–Trinajstić information content (AvgIpc) is 3.36. The Morgan fingerprint density at radius 2 is 0.613 bits per heavy atom. The lowest BCUT2D eigenvalue weighted by Crippen LogP contribution is -2.07. The molecule has 0 amide bonds. The minimum atomic E-state index is 0.794. The molecule has 0 unspecified atom stereocenters. The van der Waals surface area contributed by atoms with Crippen LogP contribution in [0.3, 0.4) is 0 Å². The molecule has 0 aliphatic carbocycles. The second-order valence-electron chi connectivity index (χ2n) is 7.07. The minimum absolute atomic E-state index is 0.794. The Hall–Kier alpha value is -3.52. The highest BCUT2D eigenvalue weighted by Gasteiger charge is 2.13. The zero-order valence-electron chi connectivity index (χ0n) is 18.8. The van der Waals surface area contributed by atoms with Crippen molar-refractivity contribution in [1.82, 2.24) is 9.13 Å². The van der Waals surface area contributed by atoms with E-state index >= 15 is 0 Å². The third kappa shape index (κ3) is 3.38. The molecule has 0 aliphatic heterocycles. The van der Waals surface area contributed by atoms with Gasteiger partial charge in [-0.25, -0.2) is 0 Å². The fourth-order valence-electron chi connectivity index (χ4n) is 4.45. The first kappa shape index (κ1) is 20.7. The van der Waals surface area contributed by atoms with Crippen molar-refractivity contribution < 1.29 is 0 Å². The Kier molecular flexibility index (Phi) is 6.08. The molecule has 6 rings (SSSR count). The smallest absolute Gasteiger partial charge is 0.100 e. The highest BCUT2D eigenvalue weighted by molar-refractivity contribution is 6.09. The molecule has 0 bridgehead atoms. The molecule has 31 heavy (non-hydrogen) atoms. The molecule has 156 valence electrons. The van der Waals surface area contributed by atoms with Crippen LogP contribution in [0.15, 0.2) is 97.1 Å². The van der Waals surface area contributed by atoms with E-state index in [0.717, 1.165) is 6.67 Å². The molecule has 0 spiro atoms. The number of aromatic nitrogens is 2. The fourth-order valence-corrected chi connectivity index (χ4v) is 4.45. The zero-order valence-corrected chi connectivity index (χ0v) is 18.8. The lowest BCUT2D eigenvalue weighted by atomic mass is 10.2. The first-order chi connectivity index (χ1) is 15.4. The Bertz CT molecular complexity index is 1230. The van der Waals surface area contributed by atoms with E-state index in [1.807, 2.05) is 27.7 Å².